The van der Waals surface area contributed by atoms with E-state index in [0.717, 1.165) is 30.3 Å². The zero-order chi connectivity index (χ0) is 29.3. The number of aromatic nitrogens is 1. The number of halogens is 2. The molecule has 2 saturated heterocycles. The van der Waals surface area contributed by atoms with Crippen LogP contribution in [0.15, 0.2) is 42.5 Å². The lowest BCUT2D eigenvalue weighted by Gasteiger charge is -2.41. The molecule has 0 bridgehead atoms. The highest BCUT2D eigenvalue weighted by molar-refractivity contribution is 5.92. The zero-order valence-electron chi connectivity index (χ0n) is 23.0. The Kier molecular flexibility index (Phi) is 8.37. The van der Waals surface area contributed by atoms with Gasteiger partial charge in [-0.15, -0.1) is 0 Å². The molecule has 11 heteroatoms. The molecular weight excluding hydrogens is 538 g/mol. The van der Waals surface area contributed by atoms with Crippen LogP contribution in [-0.4, -0.2) is 60.0 Å². The highest BCUT2D eigenvalue weighted by Gasteiger charge is 2.49. The molecule has 3 heterocycles. The molecule has 0 saturated carbocycles. The lowest BCUT2D eigenvalue weighted by atomic mass is 9.97. The summed E-state index contributed by atoms with van der Waals surface area (Å²) in [6, 6.07) is 10.5. The monoisotopic (exact) mass is 570 g/mol. The van der Waals surface area contributed by atoms with Gasteiger partial charge in [0.2, 0.25) is 0 Å². The van der Waals surface area contributed by atoms with E-state index >= 15 is 0 Å². The Labute approximate surface area is 235 Å². The van der Waals surface area contributed by atoms with Crippen LogP contribution in [0.2, 0.25) is 0 Å². The molecular formula is C30H32F2N2O7. The first-order chi connectivity index (χ1) is 19.6. The molecule has 3 aromatic rings. The second-order valence-corrected chi connectivity index (χ2v) is 10.4. The Morgan fingerprint density at radius 2 is 1.59 bits per heavy atom. The molecule has 1 aromatic heterocycles. The van der Waals surface area contributed by atoms with E-state index in [4.69, 9.17) is 18.9 Å². The minimum atomic E-state index is -1.27. The van der Waals surface area contributed by atoms with Crippen molar-refractivity contribution in [2.75, 3.05) is 13.2 Å². The van der Waals surface area contributed by atoms with Gasteiger partial charge in [0.1, 0.15) is 11.6 Å². The molecule has 0 radical (unpaired) electrons. The van der Waals surface area contributed by atoms with Crippen LogP contribution in [0.25, 0.3) is 22.2 Å². The molecule has 5 atom stereocenters. The molecule has 2 aliphatic rings. The predicted molar refractivity (Wildman–Crippen MR) is 144 cm³/mol. The van der Waals surface area contributed by atoms with Crippen LogP contribution >= 0.6 is 0 Å². The van der Waals surface area contributed by atoms with Crippen LogP contribution in [-0.2, 0) is 39.8 Å². The molecule has 1 N–H and O–H groups in total. The summed E-state index contributed by atoms with van der Waals surface area (Å²) in [6.45, 7) is 4.28. The fourth-order valence-electron chi connectivity index (χ4n) is 5.87. The van der Waals surface area contributed by atoms with Crippen LogP contribution in [0.5, 0.6) is 0 Å². The number of fused-ring (bicyclic) bond motifs is 1. The van der Waals surface area contributed by atoms with Crippen molar-refractivity contribution in [3.8, 4) is 11.3 Å². The number of nitrogens with one attached hydrogen (secondary N) is 1. The van der Waals surface area contributed by atoms with E-state index in [1.165, 1.54) is 45.0 Å². The molecule has 2 aromatic carbocycles. The summed E-state index contributed by atoms with van der Waals surface area (Å²) >= 11 is 0. The smallest absolute Gasteiger partial charge is 0.303 e. The van der Waals surface area contributed by atoms with E-state index in [9.17, 15) is 23.2 Å². The molecule has 0 spiro atoms. The average Bonchev–Trinajstić information content (AvgIpc) is 3.52. The minimum absolute atomic E-state index is 0.164. The first kappa shape index (κ1) is 28.7. The van der Waals surface area contributed by atoms with Gasteiger partial charge >= 0.3 is 17.9 Å². The quantitative estimate of drug-likeness (QED) is 0.333. The number of benzene rings is 2. The van der Waals surface area contributed by atoms with Gasteiger partial charge < -0.3 is 28.8 Å². The van der Waals surface area contributed by atoms with Crippen molar-refractivity contribution >= 4 is 28.8 Å². The third kappa shape index (κ3) is 6.11. The maximum absolute atomic E-state index is 14.8. The second kappa shape index (κ2) is 12.0. The van der Waals surface area contributed by atoms with E-state index < -0.39 is 54.1 Å². The van der Waals surface area contributed by atoms with E-state index in [1.807, 2.05) is 0 Å². The van der Waals surface area contributed by atoms with Gasteiger partial charge in [-0.3, -0.25) is 14.4 Å². The molecule has 0 amide bonds. The van der Waals surface area contributed by atoms with E-state index in [1.54, 1.807) is 22.8 Å². The van der Waals surface area contributed by atoms with Crippen molar-refractivity contribution in [3.63, 3.8) is 0 Å². The Hall–Kier alpha value is -3.83. The number of carbonyl (C=O) groups is 3. The van der Waals surface area contributed by atoms with Crippen molar-refractivity contribution in [2.45, 2.75) is 70.6 Å². The zero-order valence-corrected chi connectivity index (χ0v) is 23.0. The van der Waals surface area contributed by atoms with Gasteiger partial charge in [-0.2, -0.15) is 0 Å². The van der Waals surface area contributed by atoms with E-state index in [2.05, 4.69) is 5.32 Å². The molecule has 218 valence electrons. The summed E-state index contributed by atoms with van der Waals surface area (Å²) in [5.74, 6) is -2.93. The summed E-state index contributed by atoms with van der Waals surface area (Å²) in [5.41, 5.74) is 2.58. The molecule has 5 rings (SSSR count). The first-order valence-corrected chi connectivity index (χ1v) is 13.6. The summed E-state index contributed by atoms with van der Waals surface area (Å²) in [7, 11) is 0. The van der Waals surface area contributed by atoms with Crippen molar-refractivity contribution < 1.29 is 42.1 Å². The third-order valence-electron chi connectivity index (χ3n) is 7.38. The maximum Gasteiger partial charge on any atom is 0.303 e. The number of carbonyl (C=O) groups excluding carboxylic acids is 3. The molecule has 2 aliphatic heterocycles. The largest absolute Gasteiger partial charge is 0.456 e. The molecule has 9 nitrogen and oxygen atoms in total. The summed E-state index contributed by atoms with van der Waals surface area (Å²) in [6.07, 6.45) is -2.11. The van der Waals surface area contributed by atoms with Gasteiger partial charge in [-0.05, 0) is 79.4 Å². The molecule has 2 fully saturated rings. The number of hydrogen-bond donors (Lipinski definition) is 1. The van der Waals surface area contributed by atoms with E-state index in [0.29, 0.717) is 23.2 Å². The third-order valence-corrected chi connectivity index (χ3v) is 7.38. The summed E-state index contributed by atoms with van der Waals surface area (Å²) in [5, 5.41) is 4.24. The molecule has 41 heavy (non-hydrogen) atoms. The average molecular weight is 571 g/mol. The normalized spacial score (nSPS) is 24.3. The first-order valence-electron chi connectivity index (χ1n) is 13.6. The fourth-order valence-corrected chi connectivity index (χ4v) is 5.87. The molecule has 0 aliphatic carbocycles. The van der Waals surface area contributed by atoms with Crippen molar-refractivity contribution in [1.82, 2.24) is 9.88 Å². The Morgan fingerprint density at radius 3 is 2.22 bits per heavy atom. The second-order valence-electron chi connectivity index (χ2n) is 10.4. The van der Waals surface area contributed by atoms with Gasteiger partial charge in [0.25, 0.3) is 0 Å². The Morgan fingerprint density at radius 1 is 0.927 bits per heavy atom. The van der Waals surface area contributed by atoms with Gasteiger partial charge in [-0.1, -0.05) is 0 Å². The van der Waals surface area contributed by atoms with Gasteiger partial charge in [0.15, 0.2) is 24.5 Å². The summed E-state index contributed by atoms with van der Waals surface area (Å²) < 4.78 is 53.4. The van der Waals surface area contributed by atoms with Crippen LogP contribution < -0.4 is 5.32 Å². The highest BCUT2D eigenvalue weighted by Crippen LogP contribution is 2.42. The summed E-state index contributed by atoms with van der Waals surface area (Å²) in [4.78, 5) is 36.4. The highest BCUT2D eigenvalue weighted by atomic mass is 19.1. The van der Waals surface area contributed by atoms with Gasteiger partial charge in [0, 0.05) is 32.2 Å². The van der Waals surface area contributed by atoms with E-state index in [-0.39, 0.29) is 12.6 Å². The van der Waals surface area contributed by atoms with Crippen molar-refractivity contribution in [2.24, 2.45) is 0 Å². The standard InChI is InChI=1S/C30H32F2N2O7/c1-16(35)39-26-15-38-30(29(41-18(3)37)28(26)40-17(2)36)34-25-13-21(32)10-11-23(25)24(14-22-5-4-12-33-22)27(34)19-6-8-20(31)9-7-19/h6-11,13,22,26,28-30,33H,4-5,12,14-15H2,1-3H3/t22?,26-,28+,29-,30-/m1/s1. The van der Waals surface area contributed by atoms with Crippen molar-refractivity contribution in [1.29, 1.82) is 0 Å². The number of ether oxygens (including phenoxy) is 4. The lowest BCUT2D eigenvalue weighted by molar-refractivity contribution is -0.238. The number of rotatable bonds is 7. The van der Waals surface area contributed by atoms with Gasteiger partial charge in [0.05, 0.1) is 17.8 Å². The van der Waals surface area contributed by atoms with Crippen LogP contribution in [0, 0.1) is 11.6 Å². The van der Waals surface area contributed by atoms with Crippen LogP contribution in [0.3, 0.4) is 0 Å². The SMILES string of the molecule is CC(=O)O[C@@H]1[C@@H](OC(C)=O)[C@H](OC(C)=O)CO[C@H]1n1c(-c2ccc(F)cc2)c(CC2CCCN2)c2ccc(F)cc21. The topological polar surface area (TPSA) is 105 Å². The van der Waals surface area contributed by atoms with Gasteiger partial charge in [-0.25, -0.2) is 8.78 Å². The predicted octanol–water partition coefficient (Wildman–Crippen LogP) is 4.20. The lowest BCUT2D eigenvalue weighted by Crippen LogP contribution is -2.55. The maximum atomic E-state index is 14.8. The fraction of sp³-hybridized carbons (Fsp3) is 0.433. The Balaban J connectivity index is 1.75. The van der Waals surface area contributed by atoms with Crippen LogP contribution in [0.1, 0.15) is 45.4 Å². The molecule has 1 unspecified atom stereocenters. The van der Waals surface area contributed by atoms with Crippen LogP contribution in [0.4, 0.5) is 8.78 Å². The number of hydrogen-bond acceptors (Lipinski definition) is 8. The van der Waals surface area contributed by atoms with Crippen molar-refractivity contribution in [3.05, 3.63) is 59.7 Å². The number of esters is 3. The Bertz CT molecular complexity index is 1450. The number of nitrogens with zero attached hydrogens (tertiary/aromatic N) is 1. The minimum Gasteiger partial charge on any atom is -0.456 e.